The van der Waals surface area contributed by atoms with Gasteiger partial charge in [-0.2, -0.15) is 0 Å². The zero-order valence-electron chi connectivity index (χ0n) is 55.3. The minimum absolute atomic E-state index is 0.143. The molecule has 0 unspecified atom stereocenters. The van der Waals surface area contributed by atoms with E-state index in [2.05, 4.69) is 91.4 Å². The number of carboxylic acid groups (broad SMARTS) is 3. The Morgan fingerprint density at radius 1 is 0.424 bits per heavy atom. The third-order valence-corrected chi connectivity index (χ3v) is 14.5. The molecule has 0 saturated heterocycles. The van der Waals surface area contributed by atoms with Crippen LogP contribution in [0.25, 0.3) is 50.6 Å². The van der Waals surface area contributed by atoms with Crippen molar-refractivity contribution in [3.8, 4) is 50.9 Å². The molecular weight excluding hydrogens is 1160 g/mol. The molecular formula is C74H82N10O8. The average Bonchev–Trinajstić information content (AvgIpc) is 0.990. The summed E-state index contributed by atoms with van der Waals surface area (Å²) in [4.78, 5) is 88.2. The number of pyridine rings is 2. The van der Waals surface area contributed by atoms with E-state index in [1.54, 1.807) is 92.4 Å². The summed E-state index contributed by atoms with van der Waals surface area (Å²) < 4.78 is 5.05. The first-order valence-electron chi connectivity index (χ1n) is 30.4. The summed E-state index contributed by atoms with van der Waals surface area (Å²) in [5, 5.41) is 27.0. The average molecular weight is 1240 g/mol. The van der Waals surface area contributed by atoms with Gasteiger partial charge in [0.1, 0.15) is 23.3 Å². The molecule has 6 aromatic heterocycles. The summed E-state index contributed by atoms with van der Waals surface area (Å²) in [7, 11) is 1.61. The first kappa shape index (κ1) is 70.7. The molecule has 0 aliphatic heterocycles. The van der Waals surface area contributed by atoms with Gasteiger partial charge >= 0.3 is 17.9 Å². The van der Waals surface area contributed by atoms with Crippen molar-refractivity contribution < 1.29 is 39.2 Å². The molecule has 9 aromatic rings. The highest BCUT2D eigenvalue weighted by atomic mass is 16.5. The molecule has 3 aromatic carbocycles. The molecule has 1 aliphatic carbocycles. The highest BCUT2D eigenvalue weighted by Crippen LogP contribution is 2.30. The van der Waals surface area contributed by atoms with E-state index in [-0.39, 0.29) is 34.3 Å². The van der Waals surface area contributed by atoms with Crippen molar-refractivity contribution in [1.82, 2.24) is 49.8 Å². The van der Waals surface area contributed by atoms with E-state index in [0.717, 1.165) is 107 Å². The van der Waals surface area contributed by atoms with E-state index in [0.29, 0.717) is 30.1 Å². The minimum atomic E-state index is -0.933. The zero-order chi connectivity index (χ0) is 67.5. The van der Waals surface area contributed by atoms with Gasteiger partial charge in [0.2, 0.25) is 5.88 Å². The zero-order valence-corrected chi connectivity index (χ0v) is 55.3. The van der Waals surface area contributed by atoms with Crippen LogP contribution in [0.2, 0.25) is 0 Å². The molecule has 0 amide bonds. The summed E-state index contributed by atoms with van der Waals surface area (Å²) in [5.41, 5.74) is 16.1. The van der Waals surface area contributed by atoms with Crippen molar-refractivity contribution in [2.24, 2.45) is 0 Å². The van der Waals surface area contributed by atoms with Gasteiger partial charge in [0, 0.05) is 95.6 Å². The number of carbonyl (C=O) groups excluding carboxylic acids is 1. The number of carbonyl (C=O) groups is 4. The molecule has 0 atom stereocenters. The van der Waals surface area contributed by atoms with Crippen LogP contribution in [0.1, 0.15) is 199 Å². The van der Waals surface area contributed by atoms with Crippen LogP contribution in [-0.2, 0) is 4.79 Å². The number of ketones is 1. The molecule has 0 saturated carbocycles. The molecule has 6 heterocycles. The molecule has 3 N–H and O–H groups in total. The number of aryl methyl sites for hydroxylation is 4. The van der Waals surface area contributed by atoms with Crippen molar-refractivity contribution in [3.63, 3.8) is 0 Å². The van der Waals surface area contributed by atoms with Gasteiger partial charge in [0.25, 0.3) is 0 Å². The number of carboxylic acids is 3. The largest absolute Gasteiger partial charge is 0.481 e. The van der Waals surface area contributed by atoms with Crippen LogP contribution in [-0.4, -0.2) is 96.0 Å². The Labute approximate surface area is 539 Å². The maximum Gasteiger partial charge on any atom is 0.335 e. The number of nitrogens with zero attached hydrogens (tertiary/aromatic N) is 10. The second-order valence-electron chi connectivity index (χ2n) is 23.6. The first-order valence-corrected chi connectivity index (χ1v) is 30.4. The predicted molar refractivity (Wildman–Crippen MR) is 360 cm³/mol. The van der Waals surface area contributed by atoms with E-state index in [1.807, 2.05) is 123 Å². The number of hydrogen-bond acceptors (Lipinski definition) is 15. The smallest absolute Gasteiger partial charge is 0.335 e. The van der Waals surface area contributed by atoms with Crippen LogP contribution in [0, 0.1) is 34.6 Å². The van der Waals surface area contributed by atoms with Gasteiger partial charge in [0.15, 0.2) is 5.78 Å². The fraction of sp³-hybridized carbons (Fsp3) is 0.297. The molecule has 92 heavy (non-hydrogen) atoms. The lowest BCUT2D eigenvalue weighted by Crippen LogP contribution is -2.04. The van der Waals surface area contributed by atoms with E-state index in [4.69, 9.17) is 20.1 Å². The van der Waals surface area contributed by atoms with Crippen LogP contribution in [0.3, 0.4) is 0 Å². The fourth-order valence-electron chi connectivity index (χ4n) is 9.29. The maximum atomic E-state index is 11.1. The third kappa shape index (κ3) is 19.3. The van der Waals surface area contributed by atoms with E-state index >= 15 is 0 Å². The Hall–Kier alpha value is -10.4. The van der Waals surface area contributed by atoms with Gasteiger partial charge in [-0.25, -0.2) is 59.2 Å². The second-order valence-corrected chi connectivity index (χ2v) is 23.6. The maximum absolute atomic E-state index is 11.1. The summed E-state index contributed by atoms with van der Waals surface area (Å²) in [5.74, 6) is 2.78. The van der Waals surface area contributed by atoms with Gasteiger partial charge in [-0.1, -0.05) is 112 Å². The summed E-state index contributed by atoms with van der Waals surface area (Å²) in [6.45, 7) is 30.6. The molecule has 0 bridgehead atoms. The van der Waals surface area contributed by atoms with E-state index in [1.165, 1.54) is 5.56 Å². The molecule has 476 valence electrons. The molecule has 0 spiro atoms. The summed E-state index contributed by atoms with van der Waals surface area (Å²) in [6.07, 6.45) is 16.7. The molecule has 1 aliphatic rings. The lowest BCUT2D eigenvalue weighted by atomic mass is 9.95. The quantitative estimate of drug-likeness (QED) is 0.0913. The summed E-state index contributed by atoms with van der Waals surface area (Å²) in [6, 6.07) is 26.3. The number of aromatic carboxylic acids is 3. The fourth-order valence-corrected chi connectivity index (χ4v) is 9.29. The van der Waals surface area contributed by atoms with Gasteiger partial charge in [-0.05, 0) is 140 Å². The Morgan fingerprint density at radius 2 is 0.837 bits per heavy atom. The molecule has 18 nitrogen and oxygen atoms in total. The Kier molecular flexibility index (Phi) is 25.3. The van der Waals surface area contributed by atoms with Crippen molar-refractivity contribution in [2.45, 2.75) is 140 Å². The van der Waals surface area contributed by atoms with Crippen LogP contribution < -0.4 is 4.74 Å². The number of ether oxygens (including phenoxy) is 1. The minimum Gasteiger partial charge on any atom is -0.481 e. The van der Waals surface area contributed by atoms with E-state index in [9.17, 15) is 19.2 Å². The predicted octanol–water partition coefficient (Wildman–Crippen LogP) is 16.2. The Morgan fingerprint density at radius 3 is 1.23 bits per heavy atom. The highest BCUT2D eigenvalue weighted by Gasteiger charge is 2.17. The number of aromatic nitrogens is 10. The SMILES string of the molecule is COc1ccc(-c2nc(C(C)C)ncc2C)cn1.Cc1c(C(C)C)ccnc1-c1cccc(C(=O)O)c1.Cc1cnc(C(C)C)nc1-c1ccc(C(=O)O)cc1.Cc1cnc(C(C)C)nc1-c1cccc(C(=O)O)c1.Cc1cnc(C(C)C)nc1C1=CCC(=O)C=C1. The second kappa shape index (κ2) is 32.9. The van der Waals surface area contributed by atoms with Crippen molar-refractivity contribution in [2.75, 3.05) is 7.11 Å². The van der Waals surface area contributed by atoms with Crippen LogP contribution in [0.15, 0.2) is 146 Å². The Balaban J connectivity index is 0.000000183. The van der Waals surface area contributed by atoms with E-state index < -0.39 is 17.9 Å². The number of benzene rings is 3. The Bertz CT molecular complexity index is 4070. The van der Waals surface area contributed by atoms with Gasteiger partial charge in [0.05, 0.1) is 52.3 Å². The topological polar surface area (TPSA) is 267 Å². The van der Waals surface area contributed by atoms with Crippen LogP contribution in [0.5, 0.6) is 5.88 Å². The van der Waals surface area contributed by atoms with Crippen LogP contribution >= 0.6 is 0 Å². The molecule has 0 radical (unpaired) electrons. The monoisotopic (exact) mass is 1240 g/mol. The van der Waals surface area contributed by atoms with Crippen LogP contribution in [0.4, 0.5) is 0 Å². The number of methoxy groups -OCH3 is 1. The normalized spacial score (nSPS) is 11.6. The molecule has 18 heteroatoms. The standard InChI is InChI=1S/C16H17NO2.2C15H16N2O2.C14H17N3O.C14H16N2O/c1-10(2)14-7-8-17-15(11(14)3)12-5-4-6-13(9-12)16(18)19;1-9(2)14-16-8-10(3)13(17-14)11-4-6-12(7-5-11)15(18)19;1-9(2)14-16-8-10(3)13(17-14)11-5-4-6-12(7-11)15(18)19;1-9(2)14-16-7-10(3)13(17-14)11-5-6-12(18-4)15-8-11;1-9(2)14-15-8-10(3)13(16-14)11-4-6-12(17)7-5-11/h4-10H,1-3H3,(H,18,19);2*4-9H,1-3H3,(H,18,19);5-9H,1-4H3;4-6,8-9H,7H2,1-3H3. The number of hydrogen-bond donors (Lipinski definition) is 3. The number of rotatable bonds is 14. The van der Waals surface area contributed by atoms with Crippen molar-refractivity contribution >= 4 is 29.3 Å². The first-order chi connectivity index (χ1) is 43.7. The lowest BCUT2D eigenvalue weighted by Gasteiger charge is -2.13. The van der Waals surface area contributed by atoms with Gasteiger partial charge in [-0.15, -0.1) is 0 Å². The highest BCUT2D eigenvalue weighted by molar-refractivity contribution is 5.98. The lowest BCUT2D eigenvalue weighted by molar-refractivity contribution is -0.113. The number of allylic oxidation sites excluding steroid dienone is 4. The van der Waals surface area contributed by atoms with Crippen molar-refractivity contribution in [3.05, 3.63) is 225 Å². The third-order valence-electron chi connectivity index (χ3n) is 14.5. The molecule has 10 rings (SSSR count). The van der Waals surface area contributed by atoms with Crippen molar-refractivity contribution in [1.29, 1.82) is 0 Å². The van der Waals surface area contributed by atoms with Gasteiger partial charge in [-0.3, -0.25) is 9.78 Å². The van der Waals surface area contributed by atoms with Gasteiger partial charge < -0.3 is 20.1 Å². The molecule has 0 fully saturated rings. The summed E-state index contributed by atoms with van der Waals surface area (Å²) >= 11 is 0.